The van der Waals surface area contributed by atoms with E-state index < -0.39 is 54.1 Å². The van der Waals surface area contributed by atoms with Crippen molar-refractivity contribution in [3.8, 4) is 0 Å². The Morgan fingerprint density at radius 3 is 2.44 bits per heavy atom. The Kier molecular flexibility index (Phi) is 8.11. The van der Waals surface area contributed by atoms with Gasteiger partial charge in [0.05, 0.1) is 12.5 Å². The maximum absolute atomic E-state index is 13.4. The number of carbonyl (C=O) groups excluding carboxylic acids is 5. The van der Waals surface area contributed by atoms with Crippen molar-refractivity contribution in [3.63, 3.8) is 0 Å². The number of aldehydes is 1. The second-order valence-electron chi connectivity index (χ2n) is 7.93. The van der Waals surface area contributed by atoms with E-state index in [2.05, 4.69) is 10.6 Å². The minimum absolute atomic E-state index is 0.00895. The van der Waals surface area contributed by atoms with Gasteiger partial charge < -0.3 is 20.5 Å². The lowest BCUT2D eigenvalue weighted by molar-refractivity contribution is -0.176. The van der Waals surface area contributed by atoms with Gasteiger partial charge in [-0.15, -0.1) is 0 Å². The first-order valence-corrected chi connectivity index (χ1v) is 11.2. The van der Waals surface area contributed by atoms with Crippen LogP contribution in [0.1, 0.15) is 42.5 Å². The summed E-state index contributed by atoms with van der Waals surface area (Å²) in [6.45, 7) is 0.200. The lowest BCUT2D eigenvalue weighted by Gasteiger charge is -2.43. The van der Waals surface area contributed by atoms with Gasteiger partial charge in [0.25, 0.3) is 11.8 Å². The number of aliphatic carboxylic acids is 1. The van der Waals surface area contributed by atoms with Crippen LogP contribution in [0.5, 0.6) is 0 Å². The number of fused-ring (bicyclic) bond motifs is 1. The number of nitrogens with zero attached hydrogens (tertiary/aromatic N) is 2. The zero-order valence-corrected chi connectivity index (χ0v) is 19.3. The van der Waals surface area contributed by atoms with Crippen molar-refractivity contribution in [2.75, 3.05) is 6.54 Å². The fraction of sp³-hybridized carbons (Fsp3) is 0.429. The molecular weight excluding hydrogens is 491 g/mol. The molecule has 2 heterocycles. The van der Waals surface area contributed by atoms with Gasteiger partial charge in [0, 0.05) is 28.6 Å². The fourth-order valence-corrected chi connectivity index (χ4v) is 4.46. The molecule has 4 amide bonds. The zero-order chi connectivity index (χ0) is 25.0. The number of halogens is 2. The van der Waals surface area contributed by atoms with Crippen molar-refractivity contribution in [1.29, 1.82) is 0 Å². The van der Waals surface area contributed by atoms with Crippen LogP contribution < -0.4 is 10.6 Å². The summed E-state index contributed by atoms with van der Waals surface area (Å²) in [4.78, 5) is 73.8. The third-order valence-corrected chi connectivity index (χ3v) is 5.92. The smallest absolute Gasteiger partial charge is 0.305 e. The van der Waals surface area contributed by atoms with Crippen molar-refractivity contribution < 1.29 is 33.9 Å². The molecule has 2 saturated heterocycles. The maximum Gasteiger partial charge on any atom is 0.305 e. The van der Waals surface area contributed by atoms with E-state index in [1.165, 1.54) is 23.2 Å². The second-order valence-corrected chi connectivity index (χ2v) is 8.80. The molecule has 3 N–H and O–H groups in total. The third kappa shape index (κ3) is 5.84. The van der Waals surface area contributed by atoms with Crippen LogP contribution in [0.2, 0.25) is 10.0 Å². The maximum atomic E-state index is 13.4. The minimum Gasteiger partial charge on any atom is -0.481 e. The van der Waals surface area contributed by atoms with E-state index >= 15 is 0 Å². The highest BCUT2D eigenvalue weighted by atomic mass is 35.5. The molecule has 0 bridgehead atoms. The molecule has 1 unspecified atom stereocenters. The average molecular weight is 513 g/mol. The standard InChI is InChI=1S/C21H22Cl2N4O7/c22-12-6-11(7-13(23)8-12)19(32)25-15-3-4-17(29)26-5-1-2-16(27(26)21(15)34)20(33)24-14(10-28)9-18(30)31/h6-8,10,14-16H,1-5,9H2,(H,24,33)(H,25,32)(H,30,31)/t14?,15-,16-/m0/s1. The summed E-state index contributed by atoms with van der Waals surface area (Å²) in [5.74, 6) is -3.76. The fourth-order valence-electron chi connectivity index (χ4n) is 3.93. The molecule has 2 aliphatic rings. The normalized spacial score (nSPS) is 21.2. The van der Waals surface area contributed by atoms with Crippen LogP contribution in [0, 0.1) is 0 Å². The molecule has 0 radical (unpaired) electrons. The van der Waals surface area contributed by atoms with Gasteiger partial charge in [-0.25, -0.2) is 5.01 Å². The molecule has 13 heteroatoms. The molecule has 34 heavy (non-hydrogen) atoms. The van der Waals surface area contributed by atoms with Gasteiger partial charge >= 0.3 is 5.97 Å². The van der Waals surface area contributed by atoms with Gasteiger partial charge in [-0.1, -0.05) is 23.2 Å². The highest BCUT2D eigenvalue weighted by Crippen LogP contribution is 2.26. The Labute approximate surface area is 204 Å². The summed E-state index contributed by atoms with van der Waals surface area (Å²) in [7, 11) is 0. The second kappa shape index (κ2) is 10.8. The Balaban J connectivity index is 1.82. The number of hydrazine groups is 1. The first-order chi connectivity index (χ1) is 16.1. The number of carboxylic acids is 1. The number of carbonyl (C=O) groups is 6. The van der Waals surface area contributed by atoms with Crippen LogP contribution in [-0.4, -0.2) is 75.7 Å². The molecule has 3 atom stereocenters. The molecule has 3 rings (SSSR count). The van der Waals surface area contributed by atoms with Crippen LogP contribution in [-0.2, 0) is 24.0 Å². The molecule has 0 saturated carbocycles. The van der Waals surface area contributed by atoms with Gasteiger partial charge in [0.2, 0.25) is 11.8 Å². The van der Waals surface area contributed by atoms with Crippen molar-refractivity contribution in [2.45, 2.75) is 50.2 Å². The van der Waals surface area contributed by atoms with Gasteiger partial charge in [-0.2, -0.15) is 0 Å². The average Bonchev–Trinajstić information content (AvgIpc) is 2.89. The molecule has 0 aromatic heterocycles. The van der Waals surface area contributed by atoms with E-state index in [1.54, 1.807) is 0 Å². The van der Waals surface area contributed by atoms with E-state index in [1.807, 2.05) is 0 Å². The Morgan fingerprint density at radius 2 is 1.82 bits per heavy atom. The number of amides is 4. The van der Waals surface area contributed by atoms with E-state index in [4.69, 9.17) is 28.3 Å². The monoisotopic (exact) mass is 512 g/mol. The highest BCUT2D eigenvalue weighted by molar-refractivity contribution is 6.35. The number of rotatable bonds is 7. The van der Waals surface area contributed by atoms with Crippen LogP contribution in [0.3, 0.4) is 0 Å². The van der Waals surface area contributed by atoms with Gasteiger partial charge in [0.1, 0.15) is 18.4 Å². The molecule has 1 aromatic rings. The summed E-state index contributed by atoms with van der Waals surface area (Å²) >= 11 is 11.9. The minimum atomic E-state index is -1.29. The summed E-state index contributed by atoms with van der Waals surface area (Å²) in [5.41, 5.74) is 0.119. The predicted molar refractivity (Wildman–Crippen MR) is 119 cm³/mol. The van der Waals surface area contributed by atoms with E-state index in [0.29, 0.717) is 12.7 Å². The topological polar surface area (TPSA) is 153 Å². The Hall–Kier alpha value is -3.18. The van der Waals surface area contributed by atoms with Crippen LogP contribution >= 0.6 is 23.2 Å². The summed E-state index contributed by atoms with van der Waals surface area (Å²) in [5, 5.41) is 16.4. The van der Waals surface area contributed by atoms with Crippen molar-refractivity contribution >= 4 is 59.1 Å². The van der Waals surface area contributed by atoms with E-state index in [0.717, 1.165) is 5.01 Å². The molecule has 2 aliphatic heterocycles. The first kappa shape index (κ1) is 25.4. The zero-order valence-electron chi connectivity index (χ0n) is 17.8. The number of hydrogen-bond acceptors (Lipinski definition) is 6. The van der Waals surface area contributed by atoms with Crippen molar-refractivity contribution in [1.82, 2.24) is 20.7 Å². The third-order valence-electron chi connectivity index (χ3n) is 5.48. The number of benzene rings is 1. The lowest BCUT2D eigenvalue weighted by Crippen LogP contribution is -2.64. The molecule has 11 nitrogen and oxygen atoms in total. The molecule has 0 spiro atoms. The molecule has 0 aliphatic carbocycles. The molecule has 2 fully saturated rings. The van der Waals surface area contributed by atoms with Gasteiger partial charge in [0.15, 0.2) is 0 Å². The van der Waals surface area contributed by atoms with Crippen LogP contribution in [0.25, 0.3) is 0 Å². The van der Waals surface area contributed by atoms with Gasteiger partial charge in [-0.3, -0.25) is 29.0 Å². The summed E-state index contributed by atoms with van der Waals surface area (Å²) in [6, 6.07) is 0.636. The Bertz CT molecular complexity index is 1010. The van der Waals surface area contributed by atoms with Gasteiger partial charge in [-0.05, 0) is 37.5 Å². The number of nitrogens with one attached hydrogen (secondary N) is 2. The number of hydrogen-bond donors (Lipinski definition) is 3. The van der Waals surface area contributed by atoms with E-state index in [-0.39, 0.29) is 41.4 Å². The molecule has 182 valence electrons. The largest absolute Gasteiger partial charge is 0.481 e. The summed E-state index contributed by atoms with van der Waals surface area (Å²) < 4.78 is 0. The number of carboxylic acid groups (broad SMARTS) is 1. The van der Waals surface area contributed by atoms with E-state index in [9.17, 15) is 28.8 Å². The van der Waals surface area contributed by atoms with Crippen molar-refractivity contribution in [3.05, 3.63) is 33.8 Å². The Morgan fingerprint density at radius 1 is 1.15 bits per heavy atom. The highest BCUT2D eigenvalue weighted by Gasteiger charge is 2.45. The molecular formula is C21H22Cl2N4O7. The quantitative estimate of drug-likeness (QED) is 0.456. The van der Waals surface area contributed by atoms with Crippen molar-refractivity contribution in [2.24, 2.45) is 0 Å². The predicted octanol–water partition coefficient (Wildman–Crippen LogP) is 0.779. The lowest BCUT2D eigenvalue weighted by atomic mass is 10.0. The van der Waals surface area contributed by atoms with Crippen LogP contribution in [0.15, 0.2) is 18.2 Å². The first-order valence-electron chi connectivity index (χ1n) is 10.5. The van der Waals surface area contributed by atoms with Crippen LogP contribution in [0.4, 0.5) is 0 Å². The summed E-state index contributed by atoms with van der Waals surface area (Å²) in [6.07, 6.45) is 0.227. The molecule has 1 aromatic carbocycles. The SMILES string of the molecule is O=CC(CC(=O)O)NC(=O)[C@@H]1CCCN2C(=O)CC[C@H](NC(=O)c3cc(Cl)cc(Cl)c3)C(=O)N12.